The lowest BCUT2D eigenvalue weighted by Gasteiger charge is -2.19. The number of aryl methyl sites for hydroxylation is 2. The molecule has 3 aromatic carbocycles. The first kappa shape index (κ1) is 35.0. The van der Waals surface area contributed by atoms with Gasteiger partial charge >= 0.3 is 0 Å². The minimum atomic E-state index is 0.110. The number of unbranched alkanes of at least 4 members (excludes halogenated alkanes) is 2. The van der Waals surface area contributed by atoms with Crippen molar-refractivity contribution in [2.75, 3.05) is 45.9 Å². The zero-order chi connectivity index (χ0) is 33.2. The van der Waals surface area contributed by atoms with Gasteiger partial charge in [0.2, 0.25) is 0 Å². The predicted octanol–water partition coefficient (Wildman–Crippen LogP) is 9.73. The zero-order valence-corrected chi connectivity index (χ0v) is 30.0. The topological polar surface area (TPSA) is 42.8 Å². The number of likely N-dealkylation sites (tertiary alicyclic amines) is 1. The van der Waals surface area contributed by atoms with Gasteiger partial charge in [0.05, 0.1) is 11.0 Å². The van der Waals surface area contributed by atoms with Crippen LogP contribution in [0.5, 0.6) is 17.2 Å². The fraction of sp³-hybridized carbons (Fsp3) is 0.537. The Morgan fingerprint density at radius 1 is 0.809 bits per heavy atom. The van der Waals surface area contributed by atoms with Gasteiger partial charge in [-0.1, -0.05) is 72.2 Å². The first-order chi connectivity index (χ1) is 22.8. The van der Waals surface area contributed by atoms with E-state index in [4.69, 9.17) is 14.5 Å². The summed E-state index contributed by atoms with van der Waals surface area (Å²) in [6.45, 7) is 21.8. The first-order valence-corrected chi connectivity index (χ1v) is 18.3. The van der Waals surface area contributed by atoms with E-state index in [1.54, 1.807) is 0 Å². The second-order valence-corrected chi connectivity index (χ2v) is 14.2. The van der Waals surface area contributed by atoms with Gasteiger partial charge in [-0.2, -0.15) is 0 Å². The third kappa shape index (κ3) is 9.39. The van der Waals surface area contributed by atoms with Crippen molar-refractivity contribution in [1.82, 2.24) is 19.4 Å². The molecule has 0 N–H and O–H groups in total. The minimum Gasteiger partial charge on any atom is -0.492 e. The zero-order valence-electron chi connectivity index (χ0n) is 30.0. The highest BCUT2D eigenvalue weighted by atomic mass is 16.5. The van der Waals surface area contributed by atoms with Crippen LogP contribution in [0.15, 0.2) is 60.7 Å². The molecule has 1 fully saturated rings. The molecular formula is C41H58N4O2. The number of rotatable bonds is 17. The number of hydrogen-bond donors (Lipinski definition) is 0. The molecule has 5 rings (SSSR count). The molecule has 0 radical (unpaired) electrons. The summed E-state index contributed by atoms with van der Waals surface area (Å²) in [7, 11) is 0. The lowest BCUT2D eigenvalue weighted by atomic mass is 9.87. The quantitative estimate of drug-likeness (QED) is 0.108. The number of benzene rings is 3. The summed E-state index contributed by atoms with van der Waals surface area (Å²) >= 11 is 0. The lowest BCUT2D eigenvalue weighted by molar-refractivity contribution is 0.238. The SMILES string of the molecule is CCCCn1c(-c2cccc(Oc3ccc(C(C)(C)C)cc3)c2)nc2c(CCCCN(CC)CC)cc(OCCN3CCCC3)cc21. The second-order valence-electron chi connectivity index (χ2n) is 14.2. The van der Waals surface area contributed by atoms with Crippen LogP contribution in [0.3, 0.4) is 0 Å². The molecule has 6 nitrogen and oxygen atoms in total. The molecule has 0 unspecified atom stereocenters. The van der Waals surface area contributed by atoms with E-state index in [0.717, 1.165) is 99.2 Å². The van der Waals surface area contributed by atoms with Crippen molar-refractivity contribution in [3.63, 3.8) is 0 Å². The average molecular weight is 639 g/mol. The monoisotopic (exact) mass is 638 g/mol. The Kier molecular flexibility index (Phi) is 12.4. The number of hydrogen-bond acceptors (Lipinski definition) is 5. The Labute approximate surface area is 284 Å². The Bertz CT molecular complexity index is 1540. The fourth-order valence-corrected chi connectivity index (χ4v) is 6.65. The second kappa shape index (κ2) is 16.7. The van der Waals surface area contributed by atoms with Crippen molar-refractivity contribution >= 4 is 11.0 Å². The number of nitrogens with zero attached hydrogens (tertiary/aromatic N) is 4. The Morgan fingerprint density at radius 2 is 1.57 bits per heavy atom. The maximum Gasteiger partial charge on any atom is 0.141 e. The van der Waals surface area contributed by atoms with Gasteiger partial charge in [0, 0.05) is 24.7 Å². The van der Waals surface area contributed by atoms with Gasteiger partial charge in [0.15, 0.2) is 0 Å². The Balaban J connectivity index is 1.45. The van der Waals surface area contributed by atoms with Gasteiger partial charge in [-0.05, 0) is 118 Å². The molecule has 4 aromatic rings. The van der Waals surface area contributed by atoms with E-state index in [0.29, 0.717) is 0 Å². The van der Waals surface area contributed by atoms with E-state index < -0.39 is 0 Å². The van der Waals surface area contributed by atoms with Crippen LogP contribution in [0.2, 0.25) is 0 Å². The third-order valence-electron chi connectivity index (χ3n) is 9.63. The molecule has 6 heteroatoms. The molecule has 0 atom stereocenters. The molecule has 0 aliphatic carbocycles. The number of fused-ring (bicyclic) bond motifs is 1. The Morgan fingerprint density at radius 3 is 2.28 bits per heavy atom. The largest absolute Gasteiger partial charge is 0.492 e. The van der Waals surface area contributed by atoms with Crippen LogP contribution in [0, 0.1) is 0 Å². The third-order valence-corrected chi connectivity index (χ3v) is 9.63. The van der Waals surface area contributed by atoms with Crippen LogP contribution in [0.4, 0.5) is 0 Å². The fourth-order valence-electron chi connectivity index (χ4n) is 6.65. The molecule has 47 heavy (non-hydrogen) atoms. The molecule has 0 spiro atoms. The van der Waals surface area contributed by atoms with E-state index in [9.17, 15) is 0 Å². The van der Waals surface area contributed by atoms with Crippen molar-refractivity contribution in [1.29, 1.82) is 0 Å². The molecule has 0 saturated carbocycles. The molecule has 1 aromatic heterocycles. The molecular weight excluding hydrogens is 580 g/mol. The maximum atomic E-state index is 6.47. The molecule has 0 amide bonds. The molecule has 1 saturated heterocycles. The molecule has 2 heterocycles. The summed E-state index contributed by atoms with van der Waals surface area (Å²) in [5, 5.41) is 0. The van der Waals surface area contributed by atoms with Crippen LogP contribution >= 0.6 is 0 Å². The van der Waals surface area contributed by atoms with E-state index in [1.807, 2.05) is 6.07 Å². The Hall–Kier alpha value is -3.35. The van der Waals surface area contributed by atoms with Gasteiger partial charge in [-0.15, -0.1) is 0 Å². The van der Waals surface area contributed by atoms with Crippen molar-refractivity contribution in [2.24, 2.45) is 0 Å². The van der Waals surface area contributed by atoms with Gasteiger partial charge in [0.25, 0.3) is 0 Å². The standard InChI is InChI=1S/C41H58N4O2/c1-7-10-26-45-38-31-37(46-28-27-44-24-13-14-25-44)29-32(16-11-12-23-43(8-2)9-3)39(38)42-40(45)33-17-15-18-36(30-33)47-35-21-19-34(20-22-35)41(4,5)6/h15,17-22,29-31H,7-14,16,23-28H2,1-6H3. The normalized spacial score (nSPS) is 14.0. The van der Waals surface area contributed by atoms with Crippen LogP contribution in [-0.2, 0) is 18.4 Å². The smallest absolute Gasteiger partial charge is 0.141 e. The number of aromatic nitrogens is 2. The summed E-state index contributed by atoms with van der Waals surface area (Å²) in [5.74, 6) is 3.64. The van der Waals surface area contributed by atoms with Gasteiger partial charge in [0.1, 0.15) is 29.7 Å². The molecule has 1 aliphatic heterocycles. The molecule has 1 aliphatic rings. The average Bonchev–Trinajstić information content (AvgIpc) is 3.72. The van der Waals surface area contributed by atoms with Crippen LogP contribution in [0.1, 0.15) is 91.2 Å². The van der Waals surface area contributed by atoms with Gasteiger partial charge in [-0.25, -0.2) is 4.98 Å². The number of ether oxygens (including phenoxy) is 2. The highest BCUT2D eigenvalue weighted by Gasteiger charge is 2.19. The van der Waals surface area contributed by atoms with Gasteiger partial charge in [-0.3, -0.25) is 4.90 Å². The van der Waals surface area contributed by atoms with Crippen molar-refractivity contribution in [3.05, 3.63) is 71.8 Å². The van der Waals surface area contributed by atoms with E-state index in [1.165, 1.54) is 49.0 Å². The first-order valence-electron chi connectivity index (χ1n) is 18.3. The maximum absolute atomic E-state index is 6.47. The number of imidazole rings is 1. The van der Waals surface area contributed by atoms with Crippen molar-refractivity contribution in [2.45, 2.75) is 98.4 Å². The van der Waals surface area contributed by atoms with Gasteiger partial charge < -0.3 is 18.9 Å². The summed E-state index contributed by atoms with van der Waals surface area (Å²) in [5.41, 5.74) is 6.06. The highest BCUT2D eigenvalue weighted by molar-refractivity contribution is 5.85. The summed E-state index contributed by atoms with van der Waals surface area (Å²) in [6.07, 6.45) is 8.14. The van der Waals surface area contributed by atoms with Crippen molar-refractivity contribution < 1.29 is 9.47 Å². The highest BCUT2D eigenvalue weighted by Crippen LogP contribution is 2.34. The van der Waals surface area contributed by atoms with E-state index >= 15 is 0 Å². The summed E-state index contributed by atoms with van der Waals surface area (Å²) in [4.78, 5) is 10.4. The van der Waals surface area contributed by atoms with E-state index in [2.05, 4.69) is 111 Å². The van der Waals surface area contributed by atoms with Crippen LogP contribution < -0.4 is 9.47 Å². The molecule has 254 valence electrons. The summed E-state index contributed by atoms with van der Waals surface area (Å²) < 4.78 is 15.3. The van der Waals surface area contributed by atoms with Crippen molar-refractivity contribution in [3.8, 4) is 28.6 Å². The van der Waals surface area contributed by atoms with E-state index in [-0.39, 0.29) is 5.41 Å². The lowest BCUT2D eigenvalue weighted by Crippen LogP contribution is -2.25. The van der Waals surface area contributed by atoms with Crippen LogP contribution in [-0.4, -0.2) is 65.2 Å². The summed E-state index contributed by atoms with van der Waals surface area (Å²) in [6, 6.07) is 21.4. The predicted molar refractivity (Wildman–Crippen MR) is 197 cm³/mol. The van der Waals surface area contributed by atoms with Crippen LogP contribution in [0.25, 0.3) is 22.4 Å². The molecule has 0 bridgehead atoms. The minimum absolute atomic E-state index is 0.110.